The van der Waals surface area contributed by atoms with Gasteiger partial charge in [-0.15, -0.1) is 11.3 Å². The van der Waals surface area contributed by atoms with E-state index in [4.69, 9.17) is 0 Å². The van der Waals surface area contributed by atoms with Crippen LogP contribution in [0.4, 0.5) is 0 Å². The SMILES string of the molecule is Cc1nc(CN2CCC(C(=O)NC3(C(=O)O)CCCC(C)(C)C3)CC2)cs1. The Hall–Kier alpha value is -1.47. The molecule has 1 aliphatic heterocycles. The molecule has 0 bridgehead atoms. The molecule has 2 fully saturated rings. The van der Waals surface area contributed by atoms with E-state index in [1.807, 2.05) is 6.92 Å². The number of hydrogen-bond acceptors (Lipinski definition) is 5. The first-order chi connectivity index (χ1) is 12.7. The Labute approximate surface area is 165 Å². The number of nitrogens with zero attached hydrogens (tertiary/aromatic N) is 2. The summed E-state index contributed by atoms with van der Waals surface area (Å²) in [5, 5.41) is 16.0. The highest BCUT2D eigenvalue weighted by Crippen LogP contribution is 2.41. The van der Waals surface area contributed by atoms with E-state index in [-0.39, 0.29) is 17.2 Å². The number of nitrogens with one attached hydrogen (secondary N) is 1. The van der Waals surface area contributed by atoms with Crippen LogP contribution in [0, 0.1) is 18.3 Å². The van der Waals surface area contributed by atoms with Crippen LogP contribution in [0.2, 0.25) is 0 Å². The molecule has 0 radical (unpaired) electrons. The maximum Gasteiger partial charge on any atom is 0.329 e. The Morgan fingerprint density at radius 2 is 2.04 bits per heavy atom. The maximum atomic E-state index is 12.9. The fourth-order valence-corrected chi connectivity index (χ4v) is 5.21. The second-order valence-corrected chi connectivity index (χ2v) is 10.0. The van der Waals surface area contributed by atoms with Gasteiger partial charge in [0.05, 0.1) is 10.7 Å². The molecule has 1 aromatic heterocycles. The van der Waals surface area contributed by atoms with E-state index in [1.165, 1.54) is 0 Å². The van der Waals surface area contributed by atoms with Crippen LogP contribution in [0.3, 0.4) is 0 Å². The van der Waals surface area contributed by atoms with Crippen molar-refractivity contribution in [3.05, 3.63) is 16.1 Å². The number of hydrogen-bond donors (Lipinski definition) is 2. The third-order valence-corrected chi connectivity index (χ3v) is 6.84. The van der Waals surface area contributed by atoms with E-state index < -0.39 is 11.5 Å². The van der Waals surface area contributed by atoms with Gasteiger partial charge in [0.1, 0.15) is 5.54 Å². The quantitative estimate of drug-likeness (QED) is 0.803. The molecule has 1 saturated carbocycles. The largest absolute Gasteiger partial charge is 0.480 e. The average Bonchev–Trinajstić information content (AvgIpc) is 2.99. The van der Waals surface area contributed by atoms with Gasteiger partial charge in [-0.3, -0.25) is 9.69 Å². The second kappa shape index (κ2) is 7.87. The molecule has 2 heterocycles. The highest BCUT2D eigenvalue weighted by atomic mass is 32.1. The summed E-state index contributed by atoms with van der Waals surface area (Å²) < 4.78 is 0. The van der Waals surface area contributed by atoms with Crippen molar-refractivity contribution in [1.82, 2.24) is 15.2 Å². The molecule has 2 aliphatic rings. The van der Waals surface area contributed by atoms with Crippen LogP contribution < -0.4 is 5.32 Å². The highest BCUT2D eigenvalue weighted by Gasteiger charge is 2.47. The van der Waals surface area contributed by atoms with Gasteiger partial charge in [0.2, 0.25) is 5.91 Å². The van der Waals surface area contributed by atoms with Crippen molar-refractivity contribution in [3.8, 4) is 0 Å². The lowest BCUT2D eigenvalue weighted by Gasteiger charge is -2.43. The van der Waals surface area contributed by atoms with E-state index >= 15 is 0 Å². The number of thiazole rings is 1. The molecular formula is C20H31N3O3S. The van der Waals surface area contributed by atoms with Crippen LogP contribution in [0.15, 0.2) is 5.38 Å². The Morgan fingerprint density at radius 3 is 2.59 bits per heavy atom. The number of carbonyl (C=O) groups excluding carboxylic acids is 1. The second-order valence-electron chi connectivity index (χ2n) is 8.98. The van der Waals surface area contributed by atoms with Gasteiger partial charge < -0.3 is 10.4 Å². The molecule has 1 unspecified atom stereocenters. The van der Waals surface area contributed by atoms with Crippen LogP contribution in [0.1, 0.15) is 63.1 Å². The molecule has 7 heteroatoms. The summed E-state index contributed by atoms with van der Waals surface area (Å²) >= 11 is 1.66. The molecule has 2 N–H and O–H groups in total. The number of aryl methyl sites for hydroxylation is 1. The minimum atomic E-state index is -1.10. The van der Waals surface area contributed by atoms with E-state index in [1.54, 1.807) is 11.3 Å². The van der Waals surface area contributed by atoms with Gasteiger partial charge >= 0.3 is 5.97 Å². The fraction of sp³-hybridized carbons (Fsp3) is 0.750. The van der Waals surface area contributed by atoms with Gasteiger partial charge in [0.25, 0.3) is 0 Å². The standard InChI is InChI=1S/C20H31N3O3S/c1-14-21-16(12-27-14)11-23-9-5-15(6-10-23)17(24)22-20(18(25)26)8-4-7-19(2,3)13-20/h12,15H,4-11,13H2,1-3H3,(H,22,24)(H,25,26). The van der Waals surface area contributed by atoms with Gasteiger partial charge in [0, 0.05) is 17.8 Å². The fourth-order valence-electron chi connectivity index (χ4n) is 4.61. The zero-order valence-electron chi connectivity index (χ0n) is 16.6. The zero-order valence-corrected chi connectivity index (χ0v) is 17.4. The maximum absolute atomic E-state index is 12.9. The lowest BCUT2D eigenvalue weighted by molar-refractivity contribution is -0.152. The van der Waals surface area contributed by atoms with Crippen molar-refractivity contribution < 1.29 is 14.7 Å². The number of amides is 1. The van der Waals surface area contributed by atoms with Crippen molar-refractivity contribution in [2.45, 2.75) is 71.4 Å². The lowest BCUT2D eigenvalue weighted by atomic mass is 9.68. The molecule has 0 aromatic carbocycles. The topological polar surface area (TPSA) is 82.5 Å². The minimum Gasteiger partial charge on any atom is -0.480 e. The Morgan fingerprint density at radius 1 is 1.33 bits per heavy atom. The van der Waals surface area contributed by atoms with Crippen molar-refractivity contribution in [2.24, 2.45) is 11.3 Å². The summed E-state index contributed by atoms with van der Waals surface area (Å²) in [5.74, 6) is -1.07. The lowest BCUT2D eigenvalue weighted by Crippen LogP contribution is -2.59. The van der Waals surface area contributed by atoms with Crippen LogP contribution in [0.5, 0.6) is 0 Å². The Kier molecular flexibility index (Phi) is 5.91. The Bertz CT molecular complexity index is 694. The van der Waals surface area contributed by atoms with Gasteiger partial charge in [-0.25, -0.2) is 9.78 Å². The number of aromatic nitrogens is 1. The molecule has 1 aromatic rings. The van der Waals surface area contributed by atoms with Crippen LogP contribution >= 0.6 is 11.3 Å². The summed E-state index contributed by atoms with van der Waals surface area (Å²) in [6.45, 7) is 8.71. The molecule has 1 saturated heterocycles. The number of carbonyl (C=O) groups is 2. The van der Waals surface area contributed by atoms with Crippen molar-refractivity contribution in [1.29, 1.82) is 0 Å². The molecule has 1 amide bonds. The van der Waals surface area contributed by atoms with E-state index in [0.29, 0.717) is 12.8 Å². The first kappa shape index (κ1) is 20.3. The molecule has 3 rings (SSSR count). The summed E-state index contributed by atoms with van der Waals surface area (Å²) in [7, 11) is 0. The first-order valence-corrected chi connectivity index (χ1v) is 10.8. The third-order valence-electron chi connectivity index (χ3n) is 6.02. The zero-order chi connectivity index (χ0) is 19.7. The normalized spacial score (nSPS) is 26.6. The first-order valence-electron chi connectivity index (χ1n) is 9.88. The van der Waals surface area contributed by atoms with Crippen molar-refractivity contribution >= 4 is 23.2 Å². The number of likely N-dealkylation sites (tertiary alicyclic amines) is 1. The average molecular weight is 394 g/mol. The van der Waals surface area contributed by atoms with Crippen molar-refractivity contribution in [2.75, 3.05) is 13.1 Å². The predicted molar refractivity (Wildman–Crippen MR) is 106 cm³/mol. The van der Waals surface area contributed by atoms with Gasteiger partial charge in [-0.2, -0.15) is 0 Å². The predicted octanol–water partition coefficient (Wildman–Crippen LogP) is 3.20. The summed E-state index contributed by atoms with van der Waals surface area (Å²) in [5.41, 5.74) is -0.0674. The van der Waals surface area contributed by atoms with E-state index in [2.05, 4.69) is 34.4 Å². The molecular weight excluding hydrogens is 362 g/mol. The number of carboxylic acids is 1. The molecule has 6 nitrogen and oxygen atoms in total. The number of piperidine rings is 1. The molecule has 1 aliphatic carbocycles. The third kappa shape index (κ3) is 4.88. The van der Waals surface area contributed by atoms with E-state index in [9.17, 15) is 14.7 Å². The van der Waals surface area contributed by atoms with Crippen LogP contribution in [-0.2, 0) is 16.1 Å². The molecule has 1 atom stereocenters. The monoisotopic (exact) mass is 393 g/mol. The molecule has 150 valence electrons. The summed E-state index contributed by atoms with van der Waals surface area (Å²) in [6.07, 6.45) is 4.42. The van der Waals surface area contributed by atoms with Crippen LogP contribution in [-0.4, -0.2) is 45.5 Å². The van der Waals surface area contributed by atoms with Crippen molar-refractivity contribution in [3.63, 3.8) is 0 Å². The molecule has 0 spiro atoms. The number of carboxylic acid groups (broad SMARTS) is 1. The van der Waals surface area contributed by atoms with Gasteiger partial charge in [-0.05, 0) is 64.0 Å². The number of rotatable bonds is 5. The number of aliphatic carboxylic acids is 1. The van der Waals surface area contributed by atoms with E-state index in [0.717, 1.165) is 56.0 Å². The molecule has 27 heavy (non-hydrogen) atoms. The minimum absolute atomic E-state index is 0.0566. The van der Waals surface area contributed by atoms with Crippen LogP contribution in [0.25, 0.3) is 0 Å². The summed E-state index contributed by atoms with van der Waals surface area (Å²) in [6, 6.07) is 0. The van der Waals surface area contributed by atoms with Gasteiger partial charge in [-0.1, -0.05) is 13.8 Å². The Balaban J connectivity index is 1.56. The summed E-state index contributed by atoms with van der Waals surface area (Å²) in [4.78, 5) is 31.7. The van der Waals surface area contributed by atoms with Gasteiger partial charge in [0.15, 0.2) is 0 Å². The highest BCUT2D eigenvalue weighted by molar-refractivity contribution is 7.09. The smallest absolute Gasteiger partial charge is 0.329 e.